The van der Waals surface area contributed by atoms with Gasteiger partial charge in [-0.1, -0.05) is 39.8 Å². The number of carbonyl (C=O) groups is 1. The van der Waals surface area contributed by atoms with Crippen LogP contribution in [-0.4, -0.2) is 53.2 Å². The summed E-state index contributed by atoms with van der Waals surface area (Å²) >= 11 is 0. The second-order valence-corrected chi connectivity index (χ2v) is 10.8. The lowest BCUT2D eigenvalue weighted by Crippen LogP contribution is -2.33. The van der Waals surface area contributed by atoms with Crippen molar-refractivity contribution in [2.24, 2.45) is 10.8 Å². The molecule has 0 amide bonds. The van der Waals surface area contributed by atoms with Crippen LogP contribution in [0, 0.1) is 10.8 Å². The van der Waals surface area contributed by atoms with Crippen molar-refractivity contribution in [1.82, 2.24) is 0 Å². The van der Waals surface area contributed by atoms with Crippen LogP contribution in [-0.2, 0) is 23.7 Å². The Labute approximate surface area is 212 Å². The Hall–Kier alpha value is -2.49. The number of ketones is 1. The number of carbonyl (C=O) groups excluding carboxylic acids is 1. The quantitative estimate of drug-likeness (QED) is 0.368. The summed E-state index contributed by atoms with van der Waals surface area (Å²) in [5, 5.41) is 0. The van der Waals surface area contributed by atoms with Crippen molar-refractivity contribution in [1.29, 1.82) is 0 Å². The molecule has 2 aliphatic rings. The number of hydrogen-bond acceptors (Lipinski definition) is 8. The van der Waals surface area contributed by atoms with Crippen molar-refractivity contribution in [2.75, 3.05) is 47.4 Å². The van der Waals surface area contributed by atoms with Crippen LogP contribution >= 0.6 is 0 Å². The van der Waals surface area contributed by atoms with Crippen LogP contribution in [0.25, 0.3) is 0 Å². The molecular weight excluding hydrogens is 464 g/mol. The molecule has 2 heterocycles. The van der Waals surface area contributed by atoms with Gasteiger partial charge in [-0.05, 0) is 24.3 Å². The van der Waals surface area contributed by atoms with Gasteiger partial charge < -0.3 is 33.2 Å². The highest BCUT2D eigenvalue weighted by molar-refractivity contribution is 6.12. The maximum atomic E-state index is 13.9. The normalized spacial score (nSPS) is 20.2. The molecular formula is C28H36O8. The first kappa shape index (κ1) is 26.6. The average molecular weight is 501 g/mol. The molecule has 0 bridgehead atoms. The standard InChI is InChI=1S/C28H36O8/c1-27(2)13-32-25(33-14-27)18-7-9-22(31-6)20(11-18)24(29)21-12-19(8-10-23(21)36-17-30-5)26-34-15-28(3,4)16-35-26/h7-12,25-26H,13-17H2,1-6H3. The molecule has 4 rings (SSSR count). The van der Waals surface area contributed by atoms with Gasteiger partial charge in [0.25, 0.3) is 0 Å². The van der Waals surface area contributed by atoms with Crippen molar-refractivity contribution in [3.8, 4) is 11.5 Å². The third-order valence-electron chi connectivity index (χ3n) is 6.09. The van der Waals surface area contributed by atoms with E-state index in [0.717, 1.165) is 11.1 Å². The fourth-order valence-corrected chi connectivity index (χ4v) is 4.08. The lowest BCUT2D eigenvalue weighted by Gasteiger charge is -2.35. The summed E-state index contributed by atoms with van der Waals surface area (Å²) in [6, 6.07) is 10.7. The van der Waals surface area contributed by atoms with Crippen molar-refractivity contribution in [2.45, 2.75) is 40.3 Å². The minimum absolute atomic E-state index is 0.000951. The van der Waals surface area contributed by atoms with E-state index in [4.69, 9.17) is 33.2 Å². The van der Waals surface area contributed by atoms with E-state index in [-0.39, 0.29) is 23.4 Å². The largest absolute Gasteiger partial charge is 0.496 e. The molecule has 0 aliphatic carbocycles. The van der Waals surface area contributed by atoms with E-state index in [1.165, 1.54) is 14.2 Å². The van der Waals surface area contributed by atoms with Gasteiger partial charge in [0.1, 0.15) is 11.5 Å². The van der Waals surface area contributed by atoms with Gasteiger partial charge in [-0.2, -0.15) is 0 Å². The molecule has 8 nitrogen and oxygen atoms in total. The number of methoxy groups -OCH3 is 2. The predicted molar refractivity (Wildman–Crippen MR) is 132 cm³/mol. The van der Waals surface area contributed by atoms with Crippen LogP contribution in [0.4, 0.5) is 0 Å². The summed E-state index contributed by atoms with van der Waals surface area (Å²) in [4.78, 5) is 13.9. The predicted octanol–water partition coefficient (Wildman–Crippen LogP) is 5.05. The fraction of sp³-hybridized carbons (Fsp3) is 0.536. The van der Waals surface area contributed by atoms with E-state index in [2.05, 4.69) is 27.7 Å². The van der Waals surface area contributed by atoms with Crippen LogP contribution in [0.15, 0.2) is 36.4 Å². The molecule has 0 unspecified atom stereocenters. The van der Waals surface area contributed by atoms with Gasteiger partial charge in [0.15, 0.2) is 19.4 Å². The van der Waals surface area contributed by atoms with E-state index in [0.29, 0.717) is 49.1 Å². The maximum Gasteiger partial charge on any atom is 0.200 e. The number of benzene rings is 2. The van der Waals surface area contributed by atoms with E-state index < -0.39 is 12.6 Å². The van der Waals surface area contributed by atoms with Gasteiger partial charge in [-0.3, -0.25) is 4.79 Å². The molecule has 0 spiro atoms. The van der Waals surface area contributed by atoms with Gasteiger partial charge in [0, 0.05) is 29.1 Å². The summed E-state index contributed by atoms with van der Waals surface area (Å²) < 4.78 is 40.1. The third kappa shape index (κ3) is 6.07. The summed E-state index contributed by atoms with van der Waals surface area (Å²) in [6.07, 6.45) is -1.12. The first-order valence-corrected chi connectivity index (χ1v) is 12.1. The highest BCUT2D eigenvalue weighted by Gasteiger charge is 2.32. The minimum atomic E-state index is -0.568. The Bertz CT molecular complexity index is 1060. The lowest BCUT2D eigenvalue weighted by molar-refractivity contribution is -0.226. The maximum absolute atomic E-state index is 13.9. The molecule has 2 aromatic carbocycles. The van der Waals surface area contributed by atoms with E-state index >= 15 is 0 Å². The minimum Gasteiger partial charge on any atom is -0.496 e. The number of ether oxygens (including phenoxy) is 7. The Morgan fingerprint density at radius 3 is 1.67 bits per heavy atom. The molecule has 2 aliphatic heterocycles. The Morgan fingerprint density at radius 1 is 0.778 bits per heavy atom. The van der Waals surface area contributed by atoms with Crippen LogP contribution in [0.5, 0.6) is 11.5 Å². The van der Waals surface area contributed by atoms with Crippen molar-refractivity contribution >= 4 is 5.78 Å². The molecule has 2 fully saturated rings. The smallest absolute Gasteiger partial charge is 0.200 e. The van der Waals surface area contributed by atoms with Crippen molar-refractivity contribution in [3.63, 3.8) is 0 Å². The zero-order valence-electron chi connectivity index (χ0n) is 21.9. The molecule has 0 saturated carbocycles. The van der Waals surface area contributed by atoms with Crippen molar-refractivity contribution < 1.29 is 38.0 Å². The molecule has 196 valence electrons. The van der Waals surface area contributed by atoms with Gasteiger partial charge in [0.05, 0.1) is 44.7 Å². The number of rotatable bonds is 8. The third-order valence-corrected chi connectivity index (χ3v) is 6.09. The van der Waals surface area contributed by atoms with Gasteiger partial charge >= 0.3 is 0 Å². The van der Waals surface area contributed by atoms with E-state index in [9.17, 15) is 4.79 Å². The van der Waals surface area contributed by atoms with Crippen LogP contribution in [0.1, 0.15) is 67.3 Å². The summed E-state index contributed by atoms with van der Waals surface area (Å²) in [5.74, 6) is 0.560. The second kappa shape index (κ2) is 10.9. The Balaban J connectivity index is 1.67. The average Bonchev–Trinajstić information content (AvgIpc) is 2.86. The van der Waals surface area contributed by atoms with E-state index in [1.54, 1.807) is 24.3 Å². The molecule has 8 heteroatoms. The van der Waals surface area contributed by atoms with Gasteiger partial charge in [-0.25, -0.2) is 0 Å². The lowest BCUT2D eigenvalue weighted by atomic mass is 9.94. The molecule has 0 atom stereocenters. The summed E-state index contributed by atoms with van der Waals surface area (Å²) in [5.41, 5.74) is 2.07. The SMILES string of the molecule is COCOc1ccc(C2OCC(C)(C)CO2)cc1C(=O)c1cc(C2OCC(C)(C)CO2)ccc1OC. The zero-order chi connectivity index (χ0) is 25.9. The number of hydrogen-bond donors (Lipinski definition) is 0. The molecule has 2 aromatic rings. The zero-order valence-corrected chi connectivity index (χ0v) is 21.9. The van der Waals surface area contributed by atoms with Crippen molar-refractivity contribution in [3.05, 3.63) is 58.7 Å². The first-order valence-electron chi connectivity index (χ1n) is 12.1. The topological polar surface area (TPSA) is 81.7 Å². The Morgan fingerprint density at radius 2 is 1.22 bits per heavy atom. The molecule has 0 N–H and O–H groups in total. The van der Waals surface area contributed by atoms with Gasteiger partial charge in [0.2, 0.25) is 5.78 Å². The summed E-state index contributed by atoms with van der Waals surface area (Å²) in [7, 11) is 3.06. The monoisotopic (exact) mass is 500 g/mol. The molecule has 0 radical (unpaired) electrons. The van der Waals surface area contributed by atoms with E-state index in [1.807, 2.05) is 12.1 Å². The summed E-state index contributed by atoms with van der Waals surface area (Å²) in [6.45, 7) is 10.6. The van der Waals surface area contributed by atoms with Crippen LogP contribution in [0.3, 0.4) is 0 Å². The van der Waals surface area contributed by atoms with Crippen LogP contribution in [0.2, 0.25) is 0 Å². The highest BCUT2D eigenvalue weighted by Crippen LogP contribution is 2.37. The molecule has 36 heavy (non-hydrogen) atoms. The molecule has 2 saturated heterocycles. The van der Waals surface area contributed by atoms with Crippen LogP contribution < -0.4 is 9.47 Å². The Kier molecular flexibility index (Phi) is 8.02. The van der Waals surface area contributed by atoms with Gasteiger partial charge in [-0.15, -0.1) is 0 Å². The molecule has 0 aromatic heterocycles. The first-order chi connectivity index (χ1) is 17.1. The second-order valence-electron chi connectivity index (χ2n) is 10.8. The fourth-order valence-electron chi connectivity index (χ4n) is 4.08. The highest BCUT2D eigenvalue weighted by atomic mass is 16.7.